The summed E-state index contributed by atoms with van der Waals surface area (Å²) in [6.07, 6.45) is 0.415. The Labute approximate surface area is 149 Å². The molecule has 0 aliphatic rings. The van der Waals surface area contributed by atoms with Crippen molar-refractivity contribution in [2.45, 2.75) is 13.3 Å². The maximum atomic E-state index is 11.9. The van der Waals surface area contributed by atoms with E-state index in [0.717, 1.165) is 0 Å². The Morgan fingerprint density at radius 1 is 1.08 bits per heavy atom. The molecule has 0 unspecified atom stereocenters. The lowest BCUT2D eigenvalue weighted by atomic mass is 10.1. The molecule has 0 spiro atoms. The van der Waals surface area contributed by atoms with Crippen LogP contribution in [0.5, 0.6) is 5.75 Å². The molecule has 6 nitrogen and oxygen atoms in total. The second-order valence-electron chi connectivity index (χ2n) is 5.14. The molecular formula is C18H16ClNO5. The minimum absolute atomic E-state index is 0.0109. The van der Waals surface area contributed by atoms with E-state index >= 15 is 0 Å². The number of carboxylic acids is 1. The minimum atomic E-state index is -1.12. The zero-order valence-corrected chi connectivity index (χ0v) is 14.2. The number of Topliss-reactive ketones (excluding diaryl/α,β-unsaturated/α-hetero) is 1. The first-order valence-electron chi connectivity index (χ1n) is 7.49. The number of halogens is 1. The molecule has 2 aromatic rings. The second-order valence-corrected chi connectivity index (χ2v) is 5.54. The van der Waals surface area contributed by atoms with Gasteiger partial charge in [0.2, 0.25) is 0 Å². The first kappa shape index (κ1) is 18.5. The summed E-state index contributed by atoms with van der Waals surface area (Å²) in [7, 11) is 0. The first-order chi connectivity index (χ1) is 11.9. The lowest BCUT2D eigenvalue weighted by Crippen LogP contribution is -2.20. The topological polar surface area (TPSA) is 92.7 Å². The fraction of sp³-hybridized carbons (Fsp3) is 0.167. The number of benzene rings is 2. The number of anilines is 1. The molecule has 1 amide bonds. The molecule has 0 aromatic heterocycles. The molecule has 0 saturated heterocycles. The average molecular weight is 362 g/mol. The number of carbonyl (C=O) groups excluding carboxylic acids is 2. The molecule has 0 atom stereocenters. The van der Waals surface area contributed by atoms with Gasteiger partial charge in [-0.15, -0.1) is 0 Å². The van der Waals surface area contributed by atoms with E-state index in [1.807, 2.05) is 0 Å². The quantitative estimate of drug-likeness (QED) is 0.734. The van der Waals surface area contributed by atoms with Crippen LogP contribution in [0.15, 0.2) is 42.5 Å². The lowest BCUT2D eigenvalue weighted by Gasteiger charge is -2.10. The number of carbonyl (C=O) groups is 3. The molecule has 0 aliphatic carbocycles. The Hall–Kier alpha value is -2.86. The second kappa shape index (κ2) is 8.30. The smallest absolute Gasteiger partial charge is 0.335 e. The number of ether oxygens (including phenoxy) is 1. The zero-order chi connectivity index (χ0) is 18.4. The van der Waals surface area contributed by atoms with Crippen molar-refractivity contribution in [2.75, 3.05) is 11.9 Å². The van der Waals surface area contributed by atoms with Crippen LogP contribution < -0.4 is 10.1 Å². The van der Waals surface area contributed by atoms with Gasteiger partial charge in [-0.1, -0.05) is 18.5 Å². The molecule has 0 saturated carbocycles. The molecule has 2 aromatic carbocycles. The van der Waals surface area contributed by atoms with Gasteiger partial charge < -0.3 is 15.2 Å². The fourth-order valence-electron chi connectivity index (χ4n) is 2.03. The fourth-order valence-corrected chi connectivity index (χ4v) is 2.20. The molecule has 0 heterocycles. The monoisotopic (exact) mass is 361 g/mol. The predicted molar refractivity (Wildman–Crippen MR) is 93.6 cm³/mol. The van der Waals surface area contributed by atoms with Crippen LogP contribution in [0.25, 0.3) is 0 Å². The third-order valence-corrected chi connectivity index (χ3v) is 3.68. The number of hydrogen-bond acceptors (Lipinski definition) is 4. The number of amides is 1. The van der Waals surface area contributed by atoms with Crippen molar-refractivity contribution >= 4 is 34.9 Å². The maximum absolute atomic E-state index is 11.9. The number of carboxylic acid groups (broad SMARTS) is 1. The lowest BCUT2D eigenvalue weighted by molar-refractivity contribution is -0.118. The molecule has 25 heavy (non-hydrogen) atoms. The van der Waals surface area contributed by atoms with E-state index in [2.05, 4.69) is 5.32 Å². The van der Waals surface area contributed by atoms with E-state index < -0.39 is 11.9 Å². The van der Waals surface area contributed by atoms with Crippen LogP contribution in [0, 0.1) is 0 Å². The summed E-state index contributed by atoms with van der Waals surface area (Å²) in [4.78, 5) is 34.4. The van der Waals surface area contributed by atoms with Crippen LogP contribution >= 0.6 is 11.6 Å². The Kier molecular flexibility index (Phi) is 6.14. The minimum Gasteiger partial charge on any atom is -0.484 e. The Bertz CT molecular complexity index is 802. The van der Waals surface area contributed by atoms with Crippen LogP contribution in [-0.4, -0.2) is 29.4 Å². The number of ketones is 1. The Morgan fingerprint density at radius 2 is 1.72 bits per heavy atom. The molecule has 2 rings (SSSR count). The van der Waals surface area contributed by atoms with Gasteiger partial charge >= 0.3 is 5.97 Å². The van der Waals surface area contributed by atoms with Crippen LogP contribution in [0.3, 0.4) is 0 Å². The molecule has 0 aliphatic heterocycles. The summed E-state index contributed by atoms with van der Waals surface area (Å²) in [6, 6.07) is 10.5. The molecule has 130 valence electrons. The van der Waals surface area contributed by atoms with E-state index in [0.29, 0.717) is 17.7 Å². The number of aromatic carboxylic acids is 1. The third kappa shape index (κ3) is 5.06. The molecule has 0 radical (unpaired) electrons. The molecule has 7 heteroatoms. The summed E-state index contributed by atoms with van der Waals surface area (Å²) in [6.45, 7) is 1.50. The average Bonchev–Trinajstić information content (AvgIpc) is 2.61. The highest BCUT2D eigenvalue weighted by Crippen LogP contribution is 2.23. The Morgan fingerprint density at radius 3 is 2.32 bits per heavy atom. The van der Waals surface area contributed by atoms with E-state index in [-0.39, 0.29) is 28.7 Å². The van der Waals surface area contributed by atoms with Crippen molar-refractivity contribution in [2.24, 2.45) is 0 Å². The summed E-state index contributed by atoms with van der Waals surface area (Å²) in [5.74, 6) is -1.14. The van der Waals surface area contributed by atoms with Gasteiger partial charge in [0.25, 0.3) is 5.91 Å². The van der Waals surface area contributed by atoms with Gasteiger partial charge in [-0.05, 0) is 42.5 Å². The maximum Gasteiger partial charge on any atom is 0.335 e. The van der Waals surface area contributed by atoms with Crippen molar-refractivity contribution in [1.82, 2.24) is 0 Å². The summed E-state index contributed by atoms with van der Waals surface area (Å²) < 4.78 is 5.34. The molecule has 0 fully saturated rings. The standard InChI is InChI=1S/C18H16ClNO5/c1-2-16(21)11-3-6-13(7-4-11)25-10-17(22)20-15-9-12(18(23)24)5-8-14(15)19/h3-9H,2,10H2,1H3,(H,20,22)(H,23,24). The van der Waals surface area contributed by atoms with Crippen molar-refractivity contribution in [1.29, 1.82) is 0 Å². The first-order valence-corrected chi connectivity index (χ1v) is 7.87. The number of hydrogen-bond donors (Lipinski definition) is 2. The largest absolute Gasteiger partial charge is 0.484 e. The highest BCUT2D eigenvalue weighted by Gasteiger charge is 2.11. The van der Waals surface area contributed by atoms with Gasteiger partial charge in [0.1, 0.15) is 5.75 Å². The van der Waals surface area contributed by atoms with Crippen molar-refractivity contribution in [3.05, 3.63) is 58.6 Å². The van der Waals surface area contributed by atoms with E-state index in [4.69, 9.17) is 21.4 Å². The van der Waals surface area contributed by atoms with Gasteiger partial charge in [0.15, 0.2) is 12.4 Å². The van der Waals surface area contributed by atoms with Gasteiger partial charge in [0, 0.05) is 12.0 Å². The van der Waals surface area contributed by atoms with Gasteiger partial charge in [-0.2, -0.15) is 0 Å². The van der Waals surface area contributed by atoms with E-state index in [1.165, 1.54) is 18.2 Å². The highest BCUT2D eigenvalue weighted by molar-refractivity contribution is 6.33. The van der Waals surface area contributed by atoms with Crippen molar-refractivity contribution < 1.29 is 24.2 Å². The third-order valence-electron chi connectivity index (χ3n) is 3.35. The van der Waals surface area contributed by atoms with Crippen LogP contribution in [-0.2, 0) is 4.79 Å². The van der Waals surface area contributed by atoms with Crippen LogP contribution in [0.1, 0.15) is 34.1 Å². The van der Waals surface area contributed by atoms with Crippen molar-refractivity contribution in [3.8, 4) is 5.75 Å². The summed E-state index contributed by atoms with van der Waals surface area (Å²) in [5, 5.41) is 11.7. The van der Waals surface area contributed by atoms with Crippen molar-refractivity contribution in [3.63, 3.8) is 0 Å². The van der Waals surface area contributed by atoms with Crippen LogP contribution in [0.4, 0.5) is 5.69 Å². The van der Waals surface area contributed by atoms with Gasteiger partial charge in [0.05, 0.1) is 16.3 Å². The summed E-state index contributed by atoms with van der Waals surface area (Å²) >= 11 is 5.94. The molecule has 0 bridgehead atoms. The normalized spacial score (nSPS) is 10.2. The molecule has 2 N–H and O–H groups in total. The van der Waals surface area contributed by atoms with E-state index in [1.54, 1.807) is 31.2 Å². The number of nitrogens with one attached hydrogen (secondary N) is 1. The highest BCUT2D eigenvalue weighted by atomic mass is 35.5. The summed E-state index contributed by atoms with van der Waals surface area (Å²) in [5.41, 5.74) is 0.785. The SMILES string of the molecule is CCC(=O)c1ccc(OCC(=O)Nc2cc(C(=O)O)ccc2Cl)cc1. The molecular weight excluding hydrogens is 346 g/mol. The van der Waals surface area contributed by atoms with Crippen LogP contribution in [0.2, 0.25) is 5.02 Å². The van der Waals surface area contributed by atoms with Gasteiger partial charge in [-0.3, -0.25) is 9.59 Å². The Balaban J connectivity index is 1.96. The number of rotatable bonds is 7. The predicted octanol–water partition coefficient (Wildman–Crippen LogP) is 3.65. The zero-order valence-electron chi connectivity index (χ0n) is 13.4. The van der Waals surface area contributed by atoms with E-state index in [9.17, 15) is 14.4 Å². The van der Waals surface area contributed by atoms with Gasteiger partial charge in [-0.25, -0.2) is 4.79 Å².